The summed E-state index contributed by atoms with van der Waals surface area (Å²) in [4.78, 5) is 0. The van der Waals surface area contributed by atoms with Crippen LogP contribution in [-0.2, 0) is 16.6 Å². The predicted molar refractivity (Wildman–Crippen MR) is 66.9 cm³/mol. The van der Waals surface area contributed by atoms with Gasteiger partial charge in [0.25, 0.3) is 0 Å². The topological polar surface area (TPSA) is 46.2 Å². The van der Waals surface area contributed by atoms with E-state index in [1.807, 2.05) is 0 Å². The molecule has 0 saturated carbocycles. The second-order valence-corrected chi connectivity index (χ2v) is 6.08. The number of hydrogen-bond acceptors (Lipinski definition) is 2. The molecule has 0 aliphatic heterocycles. The summed E-state index contributed by atoms with van der Waals surface area (Å²) in [5.41, 5.74) is 0.109. The minimum atomic E-state index is -3.45. The fraction of sp³-hybridized carbons (Fsp3) is 0.455. The third kappa shape index (κ3) is 5.29. The molecule has 0 bridgehead atoms. The van der Waals surface area contributed by atoms with Crippen molar-refractivity contribution in [3.8, 4) is 0 Å². The second-order valence-electron chi connectivity index (χ2n) is 3.77. The van der Waals surface area contributed by atoms with Crippen molar-refractivity contribution in [2.75, 3.05) is 11.6 Å². The molecule has 18 heavy (non-hydrogen) atoms. The van der Waals surface area contributed by atoms with Gasteiger partial charge in [0.15, 0.2) is 0 Å². The van der Waals surface area contributed by atoms with E-state index in [0.717, 1.165) is 12.1 Å². The maximum absolute atomic E-state index is 13.2. The van der Waals surface area contributed by atoms with Crippen molar-refractivity contribution in [1.82, 2.24) is 4.72 Å². The van der Waals surface area contributed by atoms with Crippen LogP contribution < -0.4 is 4.72 Å². The summed E-state index contributed by atoms with van der Waals surface area (Å²) in [6.07, 6.45) is 1.05. The number of hydrogen-bond donors (Lipinski definition) is 1. The first-order valence-corrected chi connectivity index (χ1v) is 7.60. The second kappa shape index (κ2) is 7.01. The lowest BCUT2D eigenvalue weighted by molar-refractivity contribution is 0.561. The van der Waals surface area contributed by atoms with Gasteiger partial charge in [-0.1, -0.05) is 6.07 Å². The van der Waals surface area contributed by atoms with E-state index >= 15 is 0 Å². The third-order valence-electron chi connectivity index (χ3n) is 2.29. The van der Waals surface area contributed by atoms with E-state index < -0.39 is 21.7 Å². The largest absolute Gasteiger partial charge is 0.212 e. The molecule has 102 valence electrons. The molecule has 0 amide bonds. The summed E-state index contributed by atoms with van der Waals surface area (Å²) in [6, 6.07) is 3.02. The van der Waals surface area contributed by atoms with E-state index in [0.29, 0.717) is 18.7 Å². The van der Waals surface area contributed by atoms with Crippen molar-refractivity contribution in [3.63, 3.8) is 0 Å². The molecule has 0 fully saturated rings. The van der Waals surface area contributed by atoms with E-state index in [2.05, 4.69) is 4.72 Å². The molecule has 1 aromatic carbocycles. The van der Waals surface area contributed by atoms with Gasteiger partial charge in [0, 0.05) is 24.1 Å². The first-order chi connectivity index (χ1) is 8.44. The zero-order valence-corrected chi connectivity index (χ0v) is 11.2. The maximum Gasteiger partial charge on any atom is 0.211 e. The molecular formula is C11H14ClF2NO2S. The fourth-order valence-electron chi connectivity index (χ4n) is 1.31. The summed E-state index contributed by atoms with van der Waals surface area (Å²) in [7, 11) is -3.45. The van der Waals surface area contributed by atoms with Crippen LogP contribution in [0.5, 0.6) is 0 Å². The van der Waals surface area contributed by atoms with Crippen molar-refractivity contribution in [1.29, 1.82) is 0 Å². The number of alkyl halides is 1. The van der Waals surface area contributed by atoms with E-state index in [4.69, 9.17) is 11.6 Å². The van der Waals surface area contributed by atoms with Crippen LogP contribution in [0.25, 0.3) is 0 Å². The van der Waals surface area contributed by atoms with Gasteiger partial charge in [-0.25, -0.2) is 21.9 Å². The van der Waals surface area contributed by atoms with Crippen LogP contribution in [0.15, 0.2) is 18.2 Å². The van der Waals surface area contributed by atoms with Crippen molar-refractivity contribution in [2.24, 2.45) is 0 Å². The molecule has 0 aromatic heterocycles. The Hall–Kier alpha value is -0.720. The molecule has 0 heterocycles. The van der Waals surface area contributed by atoms with Gasteiger partial charge in [0.1, 0.15) is 11.6 Å². The standard InChI is InChI=1S/C11H14ClF2NO2S/c12-5-1-2-6-18(16,17)15-8-9-3-4-10(13)7-11(9)14/h3-4,7,15H,1-2,5-6,8H2. The minimum Gasteiger partial charge on any atom is -0.212 e. The smallest absolute Gasteiger partial charge is 0.211 e. The number of rotatable bonds is 7. The highest BCUT2D eigenvalue weighted by atomic mass is 35.5. The van der Waals surface area contributed by atoms with Gasteiger partial charge >= 0.3 is 0 Å². The van der Waals surface area contributed by atoms with Crippen LogP contribution in [0.1, 0.15) is 18.4 Å². The average Bonchev–Trinajstić information content (AvgIpc) is 2.28. The fourth-order valence-corrected chi connectivity index (χ4v) is 2.60. The third-order valence-corrected chi connectivity index (χ3v) is 3.97. The van der Waals surface area contributed by atoms with E-state index in [1.54, 1.807) is 0 Å². The number of halogens is 3. The Kier molecular flexibility index (Phi) is 5.98. The van der Waals surface area contributed by atoms with Gasteiger partial charge in [-0.2, -0.15) is 0 Å². The van der Waals surface area contributed by atoms with Crippen LogP contribution in [0.3, 0.4) is 0 Å². The molecule has 1 N–H and O–H groups in total. The predicted octanol–water partition coefficient (Wildman–Crippen LogP) is 2.40. The average molecular weight is 298 g/mol. The van der Waals surface area contributed by atoms with Gasteiger partial charge in [0.05, 0.1) is 5.75 Å². The first kappa shape index (κ1) is 15.3. The van der Waals surface area contributed by atoms with Crippen molar-refractivity contribution >= 4 is 21.6 Å². The van der Waals surface area contributed by atoms with Crippen LogP contribution in [0.2, 0.25) is 0 Å². The van der Waals surface area contributed by atoms with Crippen molar-refractivity contribution in [3.05, 3.63) is 35.4 Å². The summed E-state index contributed by atoms with van der Waals surface area (Å²) < 4.78 is 51.1. The van der Waals surface area contributed by atoms with E-state index in [-0.39, 0.29) is 17.9 Å². The normalized spacial score (nSPS) is 11.7. The number of benzene rings is 1. The highest BCUT2D eigenvalue weighted by Crippen LogP contribution is 2.09. The summed E-state index contributed by atoms with van der Waals surface area (Å²) in [6.45, 7) is -0.185. The quantitative estimate of drug-likeness (QED) is 0.620. The molecule has 1 aromatic rings. The number of unbranched alkanes of at least 4 members (excludes halogenated alkanes) is 1. The molecule has 0 aliphatic carbocycles. The molecule has 0 radical (unpaired) electrons. The number of sulfonamides is 1. The van der Waals surface area contributed by atoms with Crippen LogP contribution >= 0.6 is 11.6 Å². The van der Waals surface area contributed by atoms with Gasteiger partial charge in [-0.15, -0.1) is 11.6 Å². The monoisotopic (exact) mass is 297 g/mol. The highest BCUT2D eigenvalue weighted by molar-refractivity contribution is 7.89. The first-order valence-electron chi connectivity index (χ1n) is 5.42. The summed E-state index contributed by atoms with van der Waals surface area (Å²) in [5.74, 6) is -1.11. The van der Waals surface area contributed by atoms with Gasteiger partial charge in [-0.05, 0) is 18.9 Å². The number of nitrogens with one attached hydrogen (secondary N) is 1. The Morgan fingerprint density at radius 1 is 1.22 bits per heavy atom. The van der Waals surface area contributed by atoms with Crippen molar-refractivity contribution in [2.45, 2.75) is 19.4 Å². The maximum atomic E-state index is 13.2. The molecule has 7 heteroatoms. The van der Waals surface area contributed by atoms with E-state index in [1.165, 1.54) is 6.07 Å². The summed E-state index contributed by atoms with van der Waals surface area (Å²) >= 11 is 5.44. The Morgan fingerprint density at radius 3 is 2.56 bits per heavy atom. The minimum absolute atomic E-state index is 0.0530. The Bertz CT molecular complexity index is 494. The highest BCUT2D eigenvalue weighted by Gasteiger charge is 2.11. The van der Waals surface area contributed by atoms with Gasteiger partial charge in [-0.3, -0.25) is 0 Å². The Labute approximate surface area is 110 Å². The molecule has 0 saturated heterocycles. The lowest BCUT2D eigenvalue weighted by atomic mass is 10.2. The van der Waals surface area contributed by atoms with Crippen molar-refractivity contribution < 1.29 is 17.2 Å². The van der Waals surface area contributed by atoms with Crippen LogP contribution in [0.4, 0.5) is 8.78 Å². The SMILES string of the molecule is O=S(=O)(CCCCCl)NCc1ccc(F)cc1F. The molecule has 0 unspecified atom stereocenters. The molecule has 0 atom stereocenters. The van der Waals surface area contributed by atoms with Gasteiger partial charge < -0.3 is 0 Å². The molecule has 0 spiro atoms. The zero-order chi connectivity index (χ0) is 13.6. The Morgan fingerprint density at radius 2 is 1.94 bits per heavy atom. The van der Waals surface area contributed by atoms with Gasteiger partial charge in [0.2, 0.25) is 10.0 Å². The summed E-state index contributed by atoms with van der Waals surface area (Å²) in [5, 5.41) is 0. The molecular weight excluding hydrogens is 284 g/mol. The van der Waals surface area contributed by atoms with Crippen LogP contribution in [0, 0.1) is 11.6 Å². The molecule has 1 rings (SSSR count). The molecule has 0 aliphatic rings. The molecule has 3 nitrogen and oxygen atoms in total. The Balaban J connectivity index is 2.53. The van der Waals surface area contributed by atoms with Crippen LogP contribution in [-0.4, -0.2) is 20.1 Å². The van der Waals surface area contributed by atoms with E-state index in [9.17, 15) is 17.2 Å². The lowest BCUT2D eigenvalue weighted by Gasteiger charge is -2.07. The lowest BCUT2D eigenvalue weighted by Crippen LogP contribution is -2.26. The zero-order valence-electron chi connectivity index (χ0n) is 9.63.